The number of carbonyl (C=O) groups excluding carboxylic acids is 1. The smallest absolute Gasteiger partial charge is 0.393 e. The third-order valence-corrected chi connectivity index (χ3v) is 7.62. The summed E-state index contributed by atoms with van der Waals surface area (Å²) < 4.78 is 21.8. The van der Waals surface area contributed by atoms with Crippen LogP contribution in [0.2, 0.25) is 0 Å². The summed E-state index contributed by atoms with van der Waals surface area (Å²) in [7, 11) is -4.40. The third-order valence-electron chi connectivity index (χ3n) is 6.64. The molecular weight excluding hydrogens is 567 g/mol. The average Bonchev–Trinajstić information content (AvgIpc) is 2.97. The van der Waals surface area contributed by atoms with Gasteiger partial charge in [0.1, 0.15) is 0 Å². The Balaban J connectivity index is 4.67. The normalized spacial score (nSPS) is 16.0. The van der Waals surface area contributed by atoms with Crippen LogP contribution in [0.3, 0.4) is 0 Å². The molecule has 0 aliphatic carbocycles. The number of hydrogen-bond donors (Lipinski definition) is 5. The zero-order chi connectivity index (χ0) is 32.0. The Labute approximate surface area is 261 Å². The molecule has 0 radical (unpaired) electrons. The van der Waals surface area contributed by atoms with Crippen molar-refractivity contribution >= 4 is 13.7 Å². The Bertz CT molecular complexity index is 832. The topological polar surface area (TPSA) is 151 Å². The van der Waals surface area contributed by atoms with E-state index in [-0.39, 0.29) is 19.6 Å². The minimum absolute atomic E-state index is 0.0388. The molecule has 0 aliphatic heterocycles. The van der Waals surface area contributed by atoms with Gasteiger partial charge < -0.3 is 26.2 Å². The van der Waals surface area contributed by atoms with Gasteiger partial charge in [-0.15, -0.1) is 0 Å². The van der Waals surface area contributed by atoms with E-state index in [0.717, 1.165) is 64.2 Å². The number of aliphatic hydroxyl groups is 2. The highest BCUT2D eigenvalue weighted by Crippen LogP contribution is 2.43. The fourth-order valence-electron chi connectivity index (χ4n) is 4.15. The SMILES string of the molecule is CCC/C=C/CC/C=C/CC/C=C/C(O)C(COP(=O)(O)OCCN)NC(=O)CC(O)CCCCC/C=C\CCCCC. The Morgan fingerprint density at radius 2 is 1.37 bits per heavy atom. The van der Waals surface area contributed by atoms with E-state index >= 15 is 0 Å². The molecule has 0 spiro atoms. The van der Waals surface area contributed by atoms with Crippen molar-refractivity contribution < 1.29 is 33.5 Å². The number of amides is 1. The van der Waals surface area contributed by atoms with E-state index in [1.54, 1.807) is 6.08 Å². The molecule has 0 fully saturated rings. The van der Waals surface area contributed by atoms with Gasteiger partial charge in [-0.3, -0.25) is 13.8 Å². The molecule has 0 aromatic carbocycles. The quantitative estimate of drug-likeness (QED) is 0.0345. The fourth-order valence-corrected chi connectivity index (χ4v) is 4.91. The maximum atomic E-state index is 12.6. The lowest BCUT2D eigenvalue weighted by atomic mass is 10.1. The Hall–Kier alpha value is -1.58. The summed E-state index contributed by atoms with van der Waals surface area (Å²) in [5.74, 6) is -0.477. The molecule has 10 heteroatoms. The highest BCUT2D eigenvalue weighted by Gasteiger charge is 2.27. The van der Waals surface area contributed by atoms with Crippen molar-refractivity contribution in [2.45, 2.75) is 135 Å². The van der Waals surface area contributed by atoms with Gasteiger partial charge in [0, 0.05) is 6.54 Å². The van der Waals surface area contributed by atoms with Crippen LogP contribution < -0.4 is 11.1 Å². The maximum Gasteiger partial charge on any atom is 0.472 e. The van der Waals surface area contributed by atoms with Crippen molar-refractivity contribution in [3.05, 3.63) is 48.6 Å². The van der Waals surface area contributed by atoms with Crippen LogP contribution in [-0.4, -0.2) is 59.0 Å². The number of phosphoric ester groups is 1. The minimum atomic E-state index is -4.40. The molecule has 4 unspecified atom stereocenters. The summed E-state index contributed by atoms with van der Waals surface area (Å²) in [5.41, 5.74) is 5.31. The monoisotopic (exact) mass is 628 g/mol. The second-order valence-electron chi connectivity index (χ2n) is 10.8. The molecule has 9 nitrogen and oxygen atoms in total. The van der Waals surface area contributed by atoms with E-state index in [0.29, 0.717) is 12.8 Å². The molecule has 0 aromatic heterocycles. The molecular formula is C33H61N2O7P. The van der Waals surface area contributed by atoms with Crippen molar-refractivity contribution in [1.29, 1.82) is 0 Å². The van der Waals surface area contributed by atoms with Crippen LogP contribution in [0.1, 0.15) is 117 Å². The highest BCUT2D eigenvalue weighted by molar-refractivity contribution is 7.47. The lowest BCUT2D eigenvalue weighted by Crippen LogP contribution is -2.46. The zero-order valence-corrected chi connectivity index (χ0v) is 27.7. The largest absolute Gasteiger partial charge is 0.472 e. The first-order valence-corrected chi connectivity index (χ1v) is 17.8. The first-order valence-electron chi connectivity index (χ1n) is 16.3. The van der Waals surface area contributed by atoms with Gasteiger partial charge in [0.2, 0.25) is 5.91 Å². The number of carbonyl (C=O) groups is 1. The molecule has 0 aromatic rings. The second-order valence-corrected chi connectivity index (χ2v) is 12.3. The van der Waals surface area contributed by atoms with E-state index in [1.165, 1.54) is 25.3 Å². The average molecular weight is 629 g/mol. The van der Waals surface area contributed by atoms with Crippen LogP contribution in [0.5, 0.6) is 0 Å². The van der Waals surface area contributed by atoms with Gasteiger partial charge in [-0.25, -0.2) is 4.57 Å². The summed E-state index contributed by atoms with van der Waals surface area (Å²) in [6.45, 7) is 3.77. The second kappa shape index (κ2) is 29.1. The van der Waals surface area contributed by atoms with Crippen LogP contribution in [0, 0.1) is 0 Å². The number of nitrogens with two attached hydrogens (primary N) is 1. The van der Waals surface area contributed by atoms with Gasteiger partial charge >= 0.3 is 7.82 Å². The van der Waals surface area contributed by atoms with E-state index in [2.05, 4.69) is 55.6 Å². The van der Waals surface area contributed by atoms with Crippen LogP contribution in [-0.2, 0) is 18.4 Å². The van der Waals surface area contributed by atoms with Crippen molar-refractivity contribution in [3.63, 3.8) is 0 Å². The molecule has 0 saturated carbocycles. The number of nitrogens with one attached hydrogen (secondary N) is 1. The molecule has 4 atom stereocenters. The Kier molecular flexibility index (Phi) is 28.1. The first-order chi connectivity index (χ1) is 20.8. The summed E-state index contributed by atoms with van der Waals surface area (Å²) in [4.78, 5) is 22.5. The number of allylic oxidation sites excluding steroid dienone is 7. The van der Waals surface area contributed by atoms with E-state index in [4.69, 9.17) is 14.8 Å². The van der Waals surface area contributed by atoms with E-state index in [9.17, 15) is 24.5 Å². The predicted octanol–water partition coefficient (Wildman–Crippen LogP) is 6.79. The van der Waals surface area contributed by atoms with Crippen molar-refractivity contribution in [2.24, 2.45) is 5.73 Å². The van der Waals surface area contributed by atoms with Crippen molar-refractivity contribution in [2.75, 3.05) is 19.8 Å². The standard InChI is InChI=1S/C33H61N2O7P/c1-3-5-7-9-11-13-15-17-19-21-23-25-32(37)31(29-42-43(39,40)41-27-26-34)35-33(38)28-30(36)24-22-20-18-16-14-12-10-8-6-4-2/h7,9,12,14-15,17,23,25,30-32,36-37H,3-6,8,10-11,13,16,18-22,24,26-29,34H2,1-2H3,(H,35,38)(H,39,40)/b9-7+,14-12-,17-15+,25-23+. The molecule has 1 amide bonds. The summed E-state index contributed by atoms with van der Waals surface area (Å²) in [5, 5.41) is 23.7. The van der Waals surface area contributed by atoms with Crippen LogP contribution >= 0.6 is 7.82 Å². The molecule has 0 aliphatic rings. The lowest BCUT2D eigenvalue weighted by molar-refractivity contribution is -0.124. The van der Waals surface area contributed by atoms with Gasteiger partial charge in [-0.2, -0.15) is 0 Å². The lowest BCUT2D eigenvalue weighted by Gasteiger charge is -2.24. The van der Waals surface area contributed by atoms with Crippen LogP contribution in [0.25, 0.3) is 0 Å². The molecule has 0 bridgehead atoms. The van der Waals surface area contributed by atoms with Crippen LogP contribution in [0.4, 0.5) is 0 Å². The number of rotatable bonds is 29. The van der Waals surface area contributed by atoms with Gasteiger partial charge in [0.05, 0.1) is 37.9 Å². The third kappa shape index (κ3) is 27.7. The molecule has 0 saturated heterocycles. The molecule has 0 rings (SSSR count). The Morgan fingerprint density at radius 1 is 0.791 bits per heavy atom. The number of hydrogen-bond acceptors (Lipinski definition) is 7. The minimum Gasteiger partial charge on any atom is -0.393 e. The fraction of sp³-hybridized carbons (Fsp3) is 0.727. The van der Waals surface area contributed by atoms with Crippen LogP contribution in [0.15, 0.2) is 48.6 Å². The predicted molar refractivity (Wildman–Crippen MR) is 177 cm³/mol. The summed E-state index contributed by atoms with van der Waals surface area (Å²) >= 11 is 0. The van der Waals surface area contributed by atoms with Gasteiger partial charge in [-0.05, 0) is 64.2 Å². The zero-order valence-electron chi connectivity index (χ0n) is 26.8. The summed E-state index contributed by atoms with van der Waals surface area (Å²) in [6.07, 6.45) is 29.2. The summed E-state index contributed by atoms with van der Waals surface area (Å²) in [6, 6.07) is -1.01. The Morgan fingerprint density at radius 3 is 1.98 bits per heavy atom. The van der Waals surface area contributed by atoms with Crippen molar-refractivity contribution in [1.82, 2.24) is 5.32 Å². The van der Waals surface area contributed by atoms with Gasteiger partial charge in [-0.1, -0.05) is 94.6 Å². The van der Waals surface area contributed by atoms with Crippen molar-refractivity contribution in [3.8, 4) is 0 Å². The molecule has 6 N–H and O–H groups in total. The van der Waals surface area contributed by atoms with E-state index < -0.39 is 38.6 Å². The number of unbranched alkanes of at least 4 members (excludes halogenated alkanes) is 9. The van der Waals surface area contributed by atoms with E-state index in [1.807, 2.05) is 0 Å². The molecule has 43 heavy (non-hydrogen) atoms. The number of aliphatic hydroxyl groups excluding tert-OH is 2. The highest BCUT2D eigenvalue weighted by atomic mass is 31.2. The van der Waals surface area contributed by atoms with Gasteiger partial charge in [0.15, 0.2) is 0 Å². The maximum absolute atomic E-state index is 12.6. The molecule has 250 valence electrons. The molecule has 0 heterocycles. The number of phosphoric acid groups is 1. The van der Waals surface area contributed by atoms with Gasteiger partial charge in [0.25, 0.3) is 0 Å². The first kappa shape index (κ1) is 41.4.